The van der Waals surface area contributed by atoms with Gasteiger partial charge in [-0.1, -0.05) is 11.3 Å². The number of aryl methyl sites for hydroxylation is 2. The number of rotatable bonds is 2. The van der Waals surface area contributed by atoms with E-state index < -0.39 is 0 Å². The Morgan fingerprint density at radius 2 is 1.65 bits per heavy atom. The number of nitrogens with zero attached hydrogens (tertiary/aromatic N) is 6. The first-order valence-electron chi connectivity index (χ1n) is 6.73. The molecule has 3 heterocycles. The Bertz CT molecular complexity index is 603. The molecule has 0 bridgehead atoms. The Labute approximate surface area is 122 Å². The van der Waals surface area contributed by atoms with E-state index in [1.54, 1.807) is 17.7 Å². The van der Waals surface area contributed by atoms with Crippen LogP contribution in [0.3, 0.4) is 0 Å². The molecule has 3 rings (SSSR count). The summed E-state index contributed by atoms with van der Waals surface area (Å²) < 4.78 is 0. The van der Waals surface area contributed by atoms with E-state index in [1.807, 2.05) is 13.8 Å². The van der Waals surface area contributed by atoms with Gasteiger partial charge in [-0.05, 0) is 20.8 Å². The third-order valence-corrected chi connectivity index (χ3v) is 4.57. The molecule has 1 aliphatic rings. The summed E-state index contributed by atoms with van der Waals surface area (Å²) in [5, 5.41) is 10.4. The molecular formula is C13H18N6S. The third kappa shape index (κ3) is 2.45. The number of hydrogen-bond acceptors (Lipinski definition) is 7. The number of aromatic nitrogens is 4. The van der Waals surface area contributed by atoms with Crippen molar-refractivity contribution < 1.29 is 0 Å². The van der Waals surface area contributed by atoms with Gasteiger partial charge in [0.1, 0.15) is 17.2 Å². The highest BCUT2D eigenvalue weighted by Crippen LogP contribution is 2.24. The molecule has 0 aromatic carbocycles. The van der Waals surface area contributed by atoms with Crippen LogP contribution in [0.1, 0.15) is 16.3 Å². The summed E-state index contributed by atoms with van der Waals surface area (Å²) in [6.07, 6.45) is 1.65. The van der Waals surface area contributed by atoms with Crippen molar-refractivity contribution in [1.29, 1.82) is 0 Å². The Balaban J connectivity index is 1.71. The smallest absolute Gasteiger partial charge is 0.208 e. The fraction of sp³-hybridized carbons (Fsp3) is 0.538. The van der Waals surface area contributed by atoms with Crippen molar-refractivity contribution in [3.05, 3.63) is 22.6 Å². The summed E-state index contributed by atoms with van der Waals surface area (Å²) in [5.41, 5.74) is 2.23. The maximum atomic E-state index is 4.44. The predicted molar refractivity (Wildman–Crippen MR) is 80.6 cm³/mol. The van der Waals surface area contributed by atoms with Crippen molar-refractivity contribution >= 4 is 22.3 Å². The minimum Gasteiger partial charge on any atom is -0.353 e. The molecule has 20 heavy (non-hydrogen) atoms. The Morgan fingerprint density at radius 3 is 2.30 bits per heavy atom. The molecule has 6 nitrogen and oxygen atoms in total. The van der Waals surface area contributed by atoms with Crippen molar-refractivity contribution in [2.45, 2.75) is 20.8 Å². The lowest BCUT2D eigenvalue weighted by atomic mass is 10.2. The standard InChI is InChI=1S/C13H18N6S/c1-9-10(2)14-8-15-12(9)18-4-6-19(7-5-18)13-17-16-11(3)20-13/h8H,4-7H2,1-3H3. The van der Waals surface area contributed by atoms with E-state index in [0.29, 0.717) is 0 Å². The average Bonchev–Trinajstić information content (AvgIpc) is 2.89. The van der Waals surface area contributed by atoms with Crippen LogP contribution in [-0.2, 0) is 0 Å². The summed E-state index contributed by atoms with van der Waals surface area (Å²) in [6, 6.07) is 0. The van der Waals surface area contributed by atoms with E-state index >= 15 is 0 Å². The highest BCUT2D eigenvalue weighted by atomic mass is 32.1. The average molecular weight is 290 g/mol. The van der Waals surface area contributed by atoms with Crippen LogP contribution in [0.2, 0.25) is 0 Å². The van der Waals surface area contributed by atoms with Gasteiger partial charge in [0, 0.05) is 37.4 Å². The molecule has 1 aliphatic heterocycles. The van der Waals surface area contributed by atoms with Gasteiger partial charge in [-0.15, -0.1) is 10.2 Å². The zero-order valence-electron chi connectivity index (χ0n) is 12.0. The van der Waals surface area contributed by atoms with Gasteiger partial charge in [-0.3, -0.25) is 0 Å². The second kappa shape index (κ2) is 5.32. The lowest BCUT2D eigenvalue weighted by Crippen LogP contribution is -2.47. The first kappa shape index (κ1) is 13.2. The molecule has 0 unspecified atom stereocenters. The maximum Gasteiger partial charge on any atom is 0.208 e. The number of anilines is 2. The van der Waals surface area contributed by atoms with Crippen LogP contribution in [0.5, 0.6) is 0 Å². The highest BCUT2D eigenvalue weighted by Gasteiger charge is 2.22. The van der Waals surface area contributed by atoms with Gasteiger partial charge in [0.05, 0.1) is 0 Å². The van der Waals surface area contributed by atoms with Crippen molar-refractivity contribution in [3.8, 4) is 0 Å². The van der Waals surface area contributed by atoms with Gasteiger partial charge >= 0.3 is 0 Å². The highest BCUT2D eigenvalue weighted by molar-refractivity contribution is 7.15. The molecule has 0 aliphatic carbocycles. The molecule has 0 atom stereocenters. The molecule has 0 amide bonds. The Kier molecular flexibility index (Phi) is 3.52. The molecule has 0 spiro atoms. The van der Waals surface area contributed by atoms with Gasteiger partial charge in [-0.25, -0.2) is 9.97 Å². The summed E-state index contributed by atoms with van der Waals surface area (Å²) in [5.74, 6) is 1.06. The number of piperazine rings is 1. The van der Waals surface area contributed by atoms with Crippen LogP contribution in [0.4, 0.5) is 10.9 Å². The molecule has 0 saturated carbocycles. The van der Waals surface area contributed by atoms with E-state index in [0.717, 1.165) is 47.8 Å². The van der Waals surface area contributed by atoms with E-state index in [-0.39, 0.29) is 0 Å². The zero-order valence-corrected chi connectivity index (χ0v) is 12.8. The van der Waals surface area contributed by atoms with Crippen LogP contribution in [0, 0.1) is 20.8 Å². The van der Waals surface area contributed by atoms with E-state index in [1.165, 1.54) is 5.56 Å². The summed E-state index contributed by atoms with van der Waals surface area (Å²) >= 11 is 1.66. The maximum absolute atomic E-state index is 4.44. The van der Waals surface area contributed by atoms with E-state index in [4.69, 9.17) is 0 Å². The van der Waals surface area contributed by atoms with Crippen molar-refractivity contribution in [2.24, 2.45) is 0 Å². The minimum atomic E-state index is 0.954. The lowest BCUT2D eigenvalue weighted by Gasteiger charge is -2.35. The summed E-state index contributed by atoms with van der Waals surface area (Å²) in [7, 11) is 0. The molecule has 2 aromatic heterocycles. The fourth-order valence-corrected chi connectivity index (χ4v) is 3.11. The molecule has 106 valence electrons. The second-order valence-corrected chi connectivity index (χ2v) is 6.15. The molecule has 0 N–H and O–H groups in total. The minimum absolute atomic E-state index is 0.954. The van der Waals surface area contributed by atoms with Crippen LogP contribution < -0.4 is 9.80 Å². The zero-order chi connectivity index (χ0) is 14.1. The lowest BCUT2D eigenvalue weighted by molar-refractivity contribution is 0.641. The SMILES string of the molecule is Cc1nnc(N2CCN(c3ncnc(C)c3C)CC2)s1. The fourth-order valence-electron chi connectivity index (χ4n) is 2.37. The van der Waals surface area contributed by atoms with E-state index in [2.05, 4.69) is 36.9 Å². The van der Waals surface area contributed by atoms with Gasteiger partial charge in [-0.2, -0.15) is 0 Å². The van der Waals surface area contributed by atoms with Crippen LogP contribution in [-0.4, -0.2) is 46.3 Å². The van der Waals surface area contributed by atoms with Crippen LogP contribution in [0.15, 0.2) is 6.33 Å². The first-order chi connectivity index (χ1) is 9.65. The predicted octanol–water partition coefficient (Wildman–Crippen LogP) is 1.58. The Morgan fingerprint density at radius 1 is 0.950 bits per heavy atom. The normalized spacial score (nSPS) is 15.8. The summed E-state index contributed by atoms with van der Waals surface area (Å²) in [6.45, 7) is 9.93. The van der Waals surface area contributed by atoms with Crippen LogP contribution >= 0.6 is 11.3 Å². The molecular weight excluding hydrogens is 272 g/mol. The first-order valence-corrected chi connectivity index (χ1v) is 7.55. The van der Waals surface area contributed by atoms with Gasteiger partial charge in [0.2, 0.25) is 5.13 Å². The number of hydrogen-bond donors (Lipinski definition) is 0. The topological polar surface area (TPSA) is 58.0 Å². The summed E-state index contributed by atoms with van der Waals surface area (Å²) in [4.78, 5) is 13.3. The molecule has 1 fully saturated rings. The van der Waals surface area contributed by atoms with Crippen molar-refractivity contribution in [2.75, 3.05) is 36.0 Å². The molecule has 2 aromatic rings. The van der Waals surface area contributed by atoms with Gasteiger partial charge < -0.3 is 9.80 Å². The largest absolute Gasteiger partial charge is 0.353 e. The quantitative estimate of drug-likeness (QED) is 0.837. The van der Waals surface area contributed by atoms with Crippen LogP contribution in [0.25, 0.3) is 0 Å². The molecule has 7 heteroatoms. The molecule has 0 radical (unpaired) electrons. The van der Waals surface area contributed by atoms with Crippen molar-refractivity contribution in [3.63, 3.8) is 0 Å². The second-order valence-electron chi connectivity index (χ2n) is 4.99. The monoisotopic (exact) mass is 290 g/mol. The van der Waals surface area contributed by atoms with E-state index in [9.17, 15) is 0 Å². The van der Waals surface area contributed by atoms with Gasteiger partial charge in [0.15, 0.2) is 0 Å². The molecule has 1 saturated heterocycles. The third-order valence-electron chi connectivity index (χ3n) is 3.67. The van der Waals surface area contributed by atoms with Gasteiger partial charge in [0.25, 0.3) is 0 Å². The Hall–Kier alpha value is -1.76. The van der Waals surface area contributed by atoms with Crippen molar-refractivity contribution in [1.82, 2.24) is 20.2 Å².